The Balaban J connectivity index is 1.26. The fraction of sp³-hybridized carbons (Fsp3) is 0.217. The summed E-state index contributed by atoms with van der Waals surface area (Å²) >= 11 is 1.65. The van der Waals surface area contributed by atoms with E-state index in [1.807, 2.05) is 37.4 Å². The minimum atomic E-state index is 0.0905. The molecule has 4 rings (SSSR count). The number of nitrogens with zero attached hydrogens (tertiary/aromatic N) is 2. The van der Waals surface area contributed by atoms with Crippen LogP contribution in [0.15, 0.2) is 66.2 Å². The first-order valence-electron chi connectivity index (χ1n) is 9.50. The van der Waals surface area contributed by atoms with E-state index in [0.29, 0.717) is 13.0 Å². The lowest BCUT2D eigenvalue weighted by molar-refractivity contribution is -0.121. The first-order chi connectivity index (χ1) is 13.7. The van der Waals surface area contributed by atoms with E-state index in [0.717, 1.165) is 29.1 Å². The third-order valence-electron chi connectivity index (χ3n) is 4.88. The number of carbonyl (C=O) groups excluding carboxylic acids is 1. The zero-order valence-corrected chi connectivity index (χ0v) is 16.7. The van der Waals surface area contributed by atoms with Crippen LogP contribution >= 0.6 is 11.3 Å². The predicted octanol–water partition coefficient (Wildman–Crippen LogP) is 4.59. The second kappa shape index (κ2) is 8.40. The molecule has 0 atom stereocenters. The Morgan fingerprint density at radius 1 is 1.07 bits per heavy atom. The van der Waals surface area contributed by atoms with Crippen LogP contribution in [0.3, 0.4) is 0 Å². The minimum absolute atomic E-state index is 0.0905. The summed E-state index contributed by atoms with van der Waals surface area (Å²) in [6, 6.07) is 18.5. The van der Waals surface area contributed by atoms with Crippen LogP contribution in [0.5, 0.6) is 0 Å². The van der Waals surface area contributed by atoms with Gasteiger partial charge >= 0.3 is 0 Å². The number of aromatic nitrogens is 2. The molecule has 0 aliphatic carbocycles. The van der Waals surface area contributed by atoms with Gasteiger partial charge in [0, 0.05) is 54.5 Å². The third kappa shape index (κ3) is 4.15. The standard InChI is InChI=1S/C23H23N3OS/c1-26-15-18(19-9-5-6-10-21(19)26)11-12-22(27)24-14-13-23-25-20(16-28-23)17-7-3-2-4-8-17/h2-10,15-16H,11-14H2,1H3,(H,24,27). The molecule has 4 aromatic rings. The molecule has 0 saturated heterocycles. The maximum Gasteiger partial charge on any atom is 0.220 e. The molecule has 28 heavy (non-hydrogen) atoms. The van der Waals surface area contributed by atoms with Crippen molar-refractivity contribution in [3.8, 4) is 11.3 Å². The van der Waals surface area contributed by atoms with Gasteiger partial charge in [0.2, 0.25) is 5.91 Å². The van der Waals surface area contributed by atoms with Crippen molar-refractivity contribution in [2.24, 2.45) is 7.05 Å². The Morgan fingerprint density at radius 2 is 1.86 bits per heavy atom. The average Bonchev–Trinajstić information content (AvgIpc) is 3.32. The number of aryl methyl sites for hydroxylation is 2. The quantitative estimate of drug-likeness (QED) is 0.502. The number of fused-ring (bicyclic) bond motifs is 1. The van der Waals surface area contributed by atoms with E-state index in [2.05, 4.69) is 50.7 Å². The number of hydrogen-bond donors (Lipinski definition) is 1. The van der Waals surface area contributed by atoms with Crippen molar-refractivity contribution in [1.29, 1.82) is 0 Å². The van der Waals surface area contributed by atoms with E-state index in [9.17, 15) is 4.79 Å². The van der Waals surface area contributed by atoms with Gasteiger partial charge in [-0.3, -0.25) is 4.79 Å². The average molecular weight is 390 g/mol. The number of nitrogens with one attached hydrogen (secondary N) is 1. The van der Waals surface area contributed by atoms with Gasteiger partial charge in [-0.2, -0.15) is 0 Å². The smallest absolute Gasteiger partial charge is 0.220 e. The highest BCUT2D eigenvalue weighted by atomic mass is 32.1. The van der Waals surface area contributed by atoms with Crippen LogP contribution in [0.1, 0.15) is 17.0 Å². The minimum Gasteiger partial charge on any atom is -0.356 e. The summed E-state index contributed by atoms with van der Waals surface area (Å²) in [6.07, 6.45) is 4.14. The van der Waals surface area contributed by atoms with Crippen molar-refractivity contribution in [3.05, 3.63) is 76.7 Å². The molecular formula is C23H23N3OS. The SMILES string of the molecule is Cn1cc(CCC(=O)NCCc2nc(-c3ccccc3)cs2)c2ccccc21. The van der Waals surface area contributed by atoms with Crippen molar-refractivity contribution in [3.63, 3.8) is 0 Å². The van der Waals surface area contributed by atoms with E-state index in [1.54, 1.807) is 11.3 Å². The van der Waals surface area contributed by atoms with E-state index in [-0.39, 0.29) is 5.91 Å². The van der Waals surface area contributed by atoms with Gasteiger partial charge in [-0.25, -0.2) is 4.98 Å². The molecule has 0 bridgehead atoms. The Kier molecular flexibility index (Phi) is 5.53. The zero-order valence-electron chi connectivity index (χ0n) is 15.9. The number of benzene rings is 2. The van der Waals surface area contributed by atoms with Crippen molar-refractivity contribution >= 4 is 28.1 Å². The van der Waals surface area contributed by atoms with E-state index in [4.69, 9.17) is 0 Å². The summed E-state index contributed by atoms with van der Waals surface area (Å²) in [6.45, 7) is 0.621. The fourth-order valence-electron chi connectivity index (χ4n) is 3.44. The van der Waals surface area contributed by atoms with Crippen LogP contribution in [-0.2, 0) is 24.7 Å². The number of carbonyl (C=O) groups is 1. The van der Waals surface area contributed by atoms with Crippen LogP contribution < -0.4 is 5.32 Å². The topological polar surface area (TPSA) is 46.9 Å². The van der Waals surface area contributed by atoms with Gasteiger partial charge in [-0.15, -0.1) is 11.3 Å². The molecule has 142 valence electrons. The number of para-hydroxylation sites is 1. The molecule has 5 heteroatoms. The number of rotatable bonds is 7. The van der Waals surface area contributed by atoms with Gasteiger partial charge in [0.15, 0.2) is 0 Å². The Hall–Kier alpha value is -2.92. The maximum atomic E-state index is 12.2. The van der Waals surface area contributed by atoms with Gasteiger partial charge in [-0.05, 0) is 18.1 Å². The van der Waals surface area contributed by atoms with E-state index < -0.39 is 0 Å². The highest BCUT2D eigenvalue weighted by Crippen LogP contribution is 2.22. The summed E-state index contributed by atoms with van der Waals surface area (Å²) in [4.78, 5) is 16.9. The summed E-state index contributed by atoms with van der Waals surface area (Å²) in [5, 5.41) is 7.38. The molecule has 0 radical (unpaired) electrons. The molecule has 0 fully saturated rings. The summed E-state index contributed by atoms with van der Waals surface area (Å²) < 4.78 is 2.12. The highest BCUT2D eigenvalue weighted by Gasteiger charge is 2.09. The Labute approximate surface area is 168 Å². The third-order valence-corrected chi connectivity index (χ3v) is 5.79. The second-order valence-electron chi connectivity index (χ2n) is 6.87. The molecule has 0 aliphatic heterocycles. The van der Waals surface area contributed by atoms with Crippen LogP contribution in [-0.4, -0.2) is 22.0 Å². The molecular weight excluding hydrogens is 366 g/mol. The van der Waals surface area contributed by atoms with Crippen LogP contribution in [0.25, 0.3) is 22.2 Å². The maximum absolute atomic E-state index is 12.2. The van der Waals surface area contributed by atoms with Crippen LogP contribution in [0.4, 0.5) is 0 Å². The molecule has 0 unspecified atom stereocenters. The first kappa shape index (κ1) is 18.4. The van der Waals surface area contributed by atoms with Gasteiger partial charge in [0.1, 0.15) is 0 Å². The molecule has 2 aromatic carbocycles. The lowest BCUT2D eigenvalue weighted by atomic mass is 10.1. The second-order valence-corrected chi connectivity index (χ2v) is 7.82. The van der Waals surface area contributed by atoms with Crippen molar-refractivity contribution in [1.82, 2.24) is 14.9 Å². The molecule has 1 N–H and O–H groups in total. The number of hydrogen-bond acceptors (Lipinski definition) is 3. The fourth-order valence-corrected chi connectivity index (χ4v) is 4.24. The lowest BCUT2D eigenvalue weighted by Gasteiger charge is -2.04. The predicted molar refractivity (Wildman–Crippen MR) is 116 cm³/mol. The molecule has 4 nitrogen and oxygen atoms in total. The van der Waals surface area contributed by atoms with Gasteiger partial charge in [-0.1, -0.05) is 48.5 Å². The summed E-state index contributed by atoms with van der Waals surface area (Å²) in [5.74, 6) is 0.0905. The molecule has 2 heterocycles. The number of thiazole rings is 1. The molecule has 0 spiro atoms. The first-order valence-corrected chi connectivity index (χ1v) is 10.4. The lowest BCUT2D eigenvalue weighted by Crippen LogP contribution is -2.25. The van der Waals surface area contributed by atoms with Crippen molar-refractivity contribution in [2.45, 2.75) is 19.3 Å². The van der Waals surface area contributed by atoms with Gasteiger partial charge < -0.3 is 9.88 Å². The van der Waals surface area contributed by atoms with Crippen LogP contribution in [0, 0.1) is 0 Å². The normalized spacial score (nSPS) is 11.0. The van der Waals surface area contributed by atoms with E-state index >= 15 is 0 Å². The van der Waals surface area contributed by atoms with Crippen LogP contribution in [0.2, 0.25) is 0 Å². The molecule has 2 aromatic heterocycles. The van der Waals surface area contributed by atoms with Crippen molar-refractivity contribution in [2.75, 3.05) is 6.54 Å². The summed E-state index contributed by atoms with van der Waals surface area (Å²) in [5.41, 5.74) is 4.56. The zero-order chi connectivity index (χ0) is 19.3. The van der Waals surface area contributed by atoms with Gasteiger partial charge in [0.05, 0.1) is 10.7 Å². The molecule has 0 saturated carbocycles. The van der Waals surface area contributed by atoms with Crippen molar-refractivity contribution < 1.29 is 4.79 Å². The summed E-state index contributed by atoms with van der Waals surface area (Å²) in [7, 11) is 2.05. The largest absolute Gasteiger partial charge is 0.356 e. The monoisotopic (exact) mass is 389 g/mol. The van der Waals surface area contributed by atoms with E-state index in [1.165, 1.54) is 16.5 Å². The van der Waals surface area contributed by atoms with Gasteiger partial charge in [0.25, 0.3) is 0 Å². The highest BCUT2D eigenvalue weighted by molar-refractivity contribution is 7.09. The Bertz CT molecular complexity index is 1080. The molecule has 0 aliphatic rings. The Morgan fingerprint density at radius 3 is 2.71 bits per heavy atom. The molecule has 1 amide bonds. The number of amides is 1.